The molecular weight excluding hydrogens is 274 g/mol. The first kappa shape index (κ1) is 14.6. The summed E-state index contributed by atoms with van der Waals surface area (Å²) in [4.78, 5) is 7.85. The van der Waals surface area contributed by atoms with Gasteiger partial charge in [-0.25, -0.2) is 4.98 Å². The van der Waals surface area contributed by atoms with Crippen LogP contribution in [0.2, 0.25) is 0 Å². The monoisotopic (exact) mass is 295 g/mol. The molecule has 4 nitrogen and oxygen atoms in total. The number of pyridine rings is 1. The molecule has 0 atom stereocenters. The van der Waals surface area contributed by atoms with Gasteiger partial charge in [0.2, 0.25) is 5.88 Å². The Kier molecular flexibility index (Phi) is 4.39. The van der Waals surface area contributed by atoms with Crippen molar-refractivity contribution in [2.75, 3.05) is 13.7 Å². The second-order valence-corrected chi connectivity index (χ2v) is 5.36. The smallest absolute Gasteiger partial charge is 0.212 e. The van der Waals surface area contributed by atoms with Gasteiger partial charge in [-0.2, -0.15) is 0 Å². The Balaban J connectivity index is 2.04. The molecule has 114 valence electrons. The molecule has 0 radical (unpaired) electrons. The molecule has 0 aliphatic carbocycles. The van der Waals surface area contributed by atoms with Crippen molar-refractivity contribution in [2.24, 2.45) is 5.73 Å². The molecule has 0 aliphatic rings. The fourth-order valence-electron chi connectivity index (χ4n) is 2.80. The average molecular weight is 295 g/mol. The topological polar surface area (TPSA) is 63.9 Å². The van der Waals surface area contributed by atoms with Crippen molar-refractivity contribution in [1.29, 1.82) is 0 Å². The van der Waals surface area contributed by atoms with Crippen LogP contribution >= 0.6 is 0 Å². The minimum absolute atomic E-state index is 0.629. The van der Waals surface area contributed by atoms with Gasteiger partial charge in [0, 0.05) is 28.7 Å². The lowest BCUT2D eigenvalue weighted by Gasteiger charge is -2.06. The summed E-state index contributed by atoms with van der Waals surface area (Å²) < 4.78 is 5.14. The van der Waals surface area contributed by atoms with Crippen LogP contribution in [-0.4, -0.2) is 23.6 Å². The summed E-state index contributed by atoms with van der Waals surface area (Å²) in [7, 11) is 1.63. The molecule has 2 aromatic heterocycles. The number of para-hydroxylation sites is 1. The van der Waals surface area contributed by atoms with Crippen LogP contribution in [0.1, 0.15) is 18.4 Å². The molecule has 3 rings (SSSR count). The van der Waals surface area contributed by atoms with Gasteiger partial charge in [0.15, 0.2) is 0 Å². The van der Waals surface area contributed by atoms with Crippen LogP contribution < -0.4 is 10.5 Å². The summed E-state index contributed by atoms with van der Waals surface area (Å²) in [5.74, 6) is 0.629. The first-order valence-electron chi connectivity index (χ1n) is 7.63. The molecule has 22 heavy (non-hydrogen) atoms. The van der Waals surface area contributed by atoms with Crippen molar-refractivity contribution in [3.8, 4) is 17.1 Å². The Morgan fingerprint density at radius 2 is 2.00 bits per heavy atom. The van der Waals surface area contributed by atoms with E-state index < -0.39 is 0 Å². The maximum Gasteiger partial charge on any atom is 0.212 e. The molecule has 4 heteroatoms. The number of rotatable bonds is 6. The molecule has 3 N–H and O–H groups in total. The van der Waals surface area contributed by atoms with Crippen molar-refractivity contribution in [3.63, 3.8) is 0 Å². The van der Waals surface area contributed by atoms with Crippen molar-refractivity contribution < 1.29 is 4.74 Å². The Labute approximate surface area is 130 Å². The SMILES string of the molecule is COc1ccc(-c2[nH]c3ccccc3c2CCCCN)cn1. The highest BCUT2D eigenvalue weighted by molar-refractivity contribution is 5.90. The van der Waals surface area contributed by atoms with Gasteiger partial charge in [-0.1, -0.05) is 18.2 Å². The third-order valence-corrected chi connectivity index (χ3v) is 3.93. The summed E-state index contributed by atoms with van der Waals surface area (Å²) in [6.07, 6.45) is 5.01. The van der Waals surface area contributed by atoms with Crippen LogP contribution in [0.15, 0.2) is 42.6 Å². The number of nitrogens with two attached hydrogens (primary N) is 1. The fraction of sp³-hybridized carbons (Fsp3) is 0.278. The maximum absolute atomic E-state index is 5.63. The average Bonchev–Trinajstić information content (AvgIpc) is 2.94. The van der Waals surface area contributed by atoms with Crippen LogP contribution in [0.25, 0.3) is 22.2 Å². The number of hydrogen-bond acceptors (Lipinski definition) is 3. The number of aromatic amines is 1. The van der Waals surface area contributed by atoms with E-state index in [1.54, 1.807) is 7.11 Å². The lowest BCUT2D eigenvalue weighted by Crippen LogP contribution is -1.99. The normalized spacial score (nSPS) is 11.0. The summed E-state index contributed by atoms with van der Waals surface area (Å²) in [6.45, 7) is 0.738. The Morgan fingerprint density at radius 1 is 1.14 bits per heavy atom. The number of benzene rings is 1. The zero-order valence-electron chi connectivity index (χ0n) is 12.8. The number of aryl methyl sites for hydroxylation is 1. The molecule has 0 fully saturated rings. The number of aromatic nitrogens is 2. The number of nitrogens with zero attached hydrogens (tertiary/aromatic N) is 1. The van der Waals surface area contributed by atoms with E-state index in [4.69, 9.17) is 10.5 Å². The van der Waals surface area contributed by atoms with Gasteiger partial charge in [-0.3, -0.25) is 0 Å². The highest BCUT2D eigenvalue weighted by Gasteiger charge is 2.13. The van der Waals surface area contributed by atoms with Crippen LogP contribution in [0.3, 0.4) is 0 Å². The zero-order valence-corrected chi connectivity index (χ0v) is 12.8. The van der Waals surface area contributed by atoms with Gasteiger partial charge in [0.1, 0.15) is 0 Å². The number of H-pyrrole nitrogens is 1. The third kappa shape index (κ3) is 2.83. The predicted octanol–water partition coefficient (Wildman–Crippen LogP) is 3.52. The number of fused-ring (bicyclic) bond motifs is 1. The molecule has 0 unspecified atom stereocenters. The largest absolute Gasteiger partial charge is 0.481 e. The second-order valence-electron chi connectivity index (χ2n) is 5.36. The number of nitrogens with one attached hydrogen (secondary N) is 1. The highest BCUT2D eigenvalue weighted by Crippen LogP contribution is 2.31. The summed E-state index contributed by atoms with van der Waals surface area (Å²) in [5, 5.41) is 1.28. The van der Waals surface area contributed by atoms with Crippen molar-refractivity contribution in [1.82, 2.24) is 9.97 Å². The third-order valence-electron chi connectivity index (χ3n) is 3.93. The lowest BCUT2D eigenvalue weighted by molar-refractivity contribution is 0.398. The van der Waals surface area contributed by atoms with Crippen molar-refractivity contribution in [2.45, 2.75) is 19.3 Å². The number of ether oxygens (including phenoxy) is 1. The van der Waals surface area contributed by atoms with Gasteiger partial charge in [0.25, 0.3) is 0 Å². The van der Waals surface area contributed by atoms with Gasteiger partial charge >= 0.3 is 0 Å². The molecular formula is C18H21N3O. The number of hydrogen-bond donors (Lipinski definition) is 2. The van der Waals surface area contributed by atoms with E-state index >= 15 is 0 Å². The zero-order chi connectivity index (χ0) is 15.4. The summed E-state index contributed by atoms with van der Waals surface area (Å²) in [5.41, 5.74) is 10.4. The van der Waals surface area contributed by atoms with Crippen LogP contribution in [-0.2, 0) is 6.42 Å². The Morgan fingerprint density at radius 3 is 2.73 bits per heavy atom. The van der Waals surface area contributed by atoms with Crippen LogP contribution in [0.4, 0.5) is 0 Å². The van der Waals surface area contributed by atoms with E-state index in [-0.39, 0.29) is 0 Å². The molecule has 2 heterocycles. The molecule has 0 aliphatic heterocycles. The maximum atomic E-state index is 5.63. The summed E-state index contributed by atoms with van der Waals surface area (Å²) >= 11 is 0. The summed E-state index contributed by atoms with van der Waals surface area (Å²) in [6, 6.07) is 12.4. The number of unbranched alkanes of at least 4 members (excludes halogenated alkanes) is 1. The van der Waals surface area contributed by atoms with Crippen LogP contribution in [0, 0.1) is 0 Å². The van der Waals surface area contributed by atoms with E-state index in [0.717, 1.165) is 42.6 Å². The van der Waals surface area contributed by atoms with E-state index in [2.05, 4.69) is 34.2 Å². The molecule has 3 aromatic rings. The van der Waals surface area contributed by atoms with E-state index in [1.807, 2.05) is 18.3 Å². The van der Waals surface area contributed by atoms with E-state index in [0.29, 0.717) is 5.88 Å². The second kappa shape index (κ2) is 6.62. The van der Waals surface area contributed by atoms with E-state index in [1.165, 1.54) is 10.9 Å². The fourth-order valence-corrected chi connectivity index (χ4v) is 2.80. The van der Waals surface area contributed by atoms with Crippen molar-refractivity contribution in [3.05, 3.63) is 48.2 Å². The van der Waals surface area contributed by atoms with E-state index in [9.17, 15) is 0 Å². The molecule has 0 saturated heterocycles. The molecule has 0 saturated carbocycles. The van der Waals surface area contributed by atoms with Gasteiger partial charge in [-0.05, 0) is 43.5 Å². The molecule has 0 amide bonds. The lowest BCUT2D eigenvalue weighted by atomic mass is 10.0. The van der Waals surface area contributed by atoms with Gasteiger partial charge in [0.05, 0.1) is 12.8 Å². The van der Waals surface area contributed by atoms with Crippen LogP contribution in [0.5, 0.6) is 5.88 Å². The van der Waals surface area contributed by atoms with Crippen molar-refractivity contribution >= 4 is 10.9 Å². The first-order chi connectivity index (χ1) is 10.8. The predicted molar refractivity (Wildman–Crippen MR) is 90.1 cm³/mol. The first-order valence-corrected chi connectivity index (χ1v) is 7.63. The minimum atomic E-state index is 0.629. The Hall–Kier alpha value is -2.33. The molecule has 0 bridgehead atoms. The Bertz CT molecular complexity index is 747. The minimum Gasteiger partial charge on any atom is -0.481 e. The number of methoxy groups -OCH3 is 1. The standard InChI is InChI=1S/C18H21N3O/c1-22-17-10-9-13(12-20-17)18-15(7-4-5-11-19)14-6-2-3-8-16(14)21-18/h2-3,6,8-10,12,21H,4-5,7,11,19H2,1H3. The van der Waals surface area contributed by atoms with Gasteiger partial charge in [-0.15, -0.1) is 0 Å². The molecule has 0 spiro atoms. The highest BCUT2D eigenvalue weighted by atomic mass is 16.5. The quantitative estimate of drug-likeness (QED) is 0.684. The van der Waals surface area contributed by atoms with Gasteiger partial charge < -0.3 is 15.5 Å². The molecule has 1 aromatic carbocycles.